The molecule has 0 radical (unpaired) electrons. The molecule has 9 heteroatoms. The summed E-state index contributed by atoms with van der Waals surface area (Å²) in [4.78, 5) is 28.6. The van der Waals surface area contributed by atoms with Gasteiger partial charge in [0.1, 0.15) is 12.4 Å². The fourth-order valence-electron chi connectivity index (χ4n) is 4.71. The lowest BCUT2D eigenvalue weighted by molar-refractivity contribution is -0.145. The molecule has 39 heavy (non-hydrogen) atoms. The lowest BCUT2D eigenvalue weighted by Crippen LogP contribution is -2.49. The van der Waals surface area contributed by atoms with Crippen LogP contribution < -0.4 is 10.6 Å². The molecule has 0 saturated carbocycles. The smallest absolute Gasteiger partial charge is 0.306 e. The van der Waals surface area contributed by atoms with Gasteiger partial charge in [0.25, 0.3) is 0 Å². The molecule has 0 unspecified atom stereocenters. The first kappa shape index (κ1) is 27.9. The molecule has 0 spiro atoms. The van der Waals surface area contributed by atoms with Gasteiger partial charge < -0.3 is 25.4 Å². The number of hydrogen-bond acceptors (Lipinski definition) is 8. The number of aromatic hydroxyl groups is 1. The SMILES string of the molecule is Nc1nnc(-c2ccccc2O)cc1N1CCN(C(=O)CCCCCCCC(=O)OCc2ccccc2)CC1. The molecule has 0 atom stereocenters. The van der Waals surface area contributed by atoms with Crippen molar-refractivity contribution in [1.29, 1.82) is 0 Å². The maximum atomic E-state index is 12.7. The minimum absolute atomic E-state index is 0.138. The molecule has 1 amide bonds. The Labute approximate surface area is 229 Å². The third-order valence-corrected chi connectivity index (χ3v) is 6.97. The molecule has 0 bridgehead atoms. The molecule has 4 rings (SSSR count). The van der Waals surface area contributed by atoms with Crippen molar-refractivity contribution in [2.75, 3.05) is 36.8 Å². The number of nitrogen functional groups attached to an aromatic ring is 1. The number of phenolic OH excluding ortho intramolecular Hbond substituents is 1. The minimum atomic E-state index is -0.160. The zero-order chi connectivity index (χ0) is 27.5. The van der Waals surface area contributed by atoms with E-state index < -0.39 is 0 Å². The van der Waals surface area contributed by atoms with E-state index in [1.54, 1.807) is 18.2 Å². The molecule has 3 aromatic rings. The van der Waals surface area contributed by atoms with Crippen molar-refractivity contribution in [3.05, 3.63) is 66.2 Å². The Morgan fingerprint density at radius 1 is 0.846 bits per heavy atom. The van der Waals surface area contributed by atoms with Crippen LogP contribution in [0.4, 0.5) is 11.5 Å². The van der Waals surface area contributed by atoms with Crippen LogP contribution in [0.15, 0.2) is 60.7 Å². The van der Waals surface area contributed by atoms with Crippen molar-refractivity contribution in [1.82, 2.24) is 15.1 Å². The van der Waals surface area contributed by atoms with Crippen LogP contribution in [0, 0.1) is 0 Å². The Morgan fingerprint density at radius 3 is 2.26 bits per heavy atom. The average molecular weight is 532 g/mol. The highest BCUT2D eigenvalue weighted by atomic mass is 16.5. The fraction of sp³-hybridized carbons (Fsp3) is 0.400. The second-order valence-corrected chi connectivity index (χ2v) is 9.80. The van der Waals surface area contributed by atoms with Gasteiger partial charge in [0.2, 0.25) is 5.91 Å². The molecule has 1 aliphatic rings. The van der Waals surface area contributed by atoms with Crippen molar-refractivity contribution < 1.29 is 19.4 Å². The Hall–Kier alpha value is -4.14. The monoisotopic (exact) mass is 531 g/mol. The quantitative estimate of drug-likeness (QED) is 0.258. The number of piperazine rings is 1. The number of carbonyl (C=O) groups is 2. The summed E-state index contributed by atoms with van der Waals surface area (Å²) in [5, 5.41) is 18.4. The third-order valence-electron chi connectivity index (χ3n) is 6.97. The summed E-state index contributed by atoms with van der Waals surface area (Å²) in [5.41, 5.74) is 9.03. The zero-order valence-corrected chi connectivity index (χ0v) is 22.3. The second-order valence-electron chi connectivity index (χ2n) is 9.80. The number of aromatic nitrogens is 2. The minimum Gasteiger partial charge on any atom is -0.507 e. The first-order valence-electron chi connectivity index (χ1n) is 13.6. The number of esters is 1. The molecule has 0 aliphatic carbocycles. The van der Waals surface area contributed by atoms with E-state index in [9.17, 15) is 14.7 Å². The number of unbranched alkanes of at least 4 members (excludes halogenated alkanes) is 4. The standard InChI is InChI=1S/C30H37N5O4/c31-30-26(21-25(32-33-30)24-13-9-10-14-27(24)36)34-17-19-35(20-18-34)28(37)15-7-2-1-3-8-16-29(38)39-22-23-11-5-4-6-12-23/h4-6,9-14,21,36H,1-3,7-8,15-20,22H2,(H2,31,33). The highest BCUT2D eigenvalue weighted by Gasteiger charge is 2.23. The highest BCUT2D eigenvalue weighted by Crippen LogP contribution is 2.31. The van der Waals surface area contributed by atoms with Gasteiger partial charge in [-0.15, -0.1) is 10.2 Å². The van der Waals surface area contributed by atoms with Gasteiger partial charge in [-0.1, -0.05) is 61.7 Å². The van der Waals surface area contributed by atoms with E-state index in [2.05, 4.69) is 15.1 Å². The number of nitrogens with two attached hydrogens (primary N) is 1. The number of anilines is 2. The molecular formula is C30H37N5O4. The molecule has 2 aromatic carbocycles. The number of nitrogens with zero attached hydrogens (tertiary/aromatic N) is 4. The summed E-state index contributed by atoms with van der Waals surface area (Å²) in [6, 6.07) is 18.5. The van der Waals surface area contributed by atoms with E-state index in [4.69, 9.17) is 10.5 Å². The van der Waals surface area contributed by atoms with Crippen LogP contribution in [0.5, 0.6) is 5.75 Å². The molecule has 3 N–H and O–H groups in total. The zero-order valence-electron chi connectivity index (χ0n) is 22.3. The number of ether oxygens (including phenoxy) is 1. The van der Waals surface area contributed by atoms with Crippen LogP contribution in [-0.4, -0.2) is 58.3 Å². The number of carbonyl (C=O) groups excluding carboxylic acids is 2. The average Bonchev–Trinajstić information content (AvgIpc) is 2.97. The number of phenols is 1. The lowest BCUT2D eigenvalue weighted by atomic mass is 10.1. The molecule has 2 heterocycles. The van der Waals surface area contributed by atoms with Gasteiger partial charge >= 0.3 is 5.97 Å². The number of para-hydroxylation sites is 1. The second kappa shape index (κ2) is 14.1. The van der Waals surface area contributed by atoms with Gasteiger partial charge in [-0.05, 0) is 36.6 Å². The number of amides is 1. The van der Waals surface area contributed by atoms with Crippen LogP contribution in [0.3, 0.4) is 0 Å². The van der Waals surface area contributed by atoms with Crippen LogP contribution in [0.25, 0.3) is 11.3 Å². The van der Waals surface area contributed by atoms with Crippen LogP contribution in [-0.2, 0) is 20.9 Å². The van der Waals surface area contributed by atoms with E-state index in [1.165, 1.54) is 0 Å². The van der Waals surface area contributed by atoms with Crippen molar-refractivity contribution in [3.63, 3.8) is 0 Å². The van der Waals surface area contributed by atoms with Crippen LogP contribution in [0.2, 0.25) is 0 Å². The summed E-state index contributed by atoms with van der Waals surface area (Å²) >= 11 is 0. The lowest BCUT2D eigenvalue weighted by Gasteiger charge is -2.36. The van der Waals surface area contributed by atoms with E-state index in [0.29, 0.717) is 62.7 Å². The molecule has 1 aromatic heterocycles. The summed E-state index contributed by atoms with van der Waals surface area (Å²) < 4.78 is 5.31. The number of benzene rings is 2. The Morgan fingerprint density at radius 2 is 1.51 bits per heavy atom. The van der Waals surface area contributed by atoms with E-state index in [-0.39, 0.29) is 17.6 Å². The molecule has 1 aliphatic heterocycles. The Bertz CT molecular complexity index is 1230. The van der Waals surface area contributed by atoms with Crippen molar-refractivity contribution in [3.8, 4) is 17.0 Å². The van der Waals surface area contributed by atoms with E-state index in [1.807, 2.05) is 47.4 Å². The van der Waals surface area contributed by atoms with Crippen LogP contribution >= 0.6 is 0 Å². The third kappa shape index (κ3) is 8.17. The van der Waals surface area contributed by atoms with Gasteiger partial charge in [0.15, 0.2) is 5.82 Å². The molecule has 206 valence electrons. The van der Waals surface area contributed by atoms with Gasteiger partial charge in [0.05, 0.1) is 11.4 Å². The van der Waals surface area contributed by atoms with Crippen molar-refractivity contribution in [2.24, 2.45) is 0 Å². The molecular weight excluding hydrogens is 494 g/mol. The summed E-state index contributed by atoms with van der Waals surface area (Å²) in [7, 11) is 0. The normalized spacial score (nSPS) is 13.3. The van der Waals surface area contributed by atoms with Crippen LogP contribution in [0.1, 0.15) is 50.5 Å². The molecule has 9 nitrogen and oxygen atoms in total. The summed E-state index contributed by atoms with van der Waals surface area (Å²) in [5.74, 6) is 0.486. The summed E-state index contributed by atoms with van der Waals surface area (Å²) in [6.45, 7) is 2.88. The largest absolute Gasteiger partial charge is 0.507 e. The van der Waals surface area contributed by atoms with E-state index >= 15 is 0 Å². The molecule has 1 fully saturated rings. The Balaban J connectivity index is 1.11. The first-order chi connectivity index (χ1) is 19.0. The molecule has 1 saturated heterocycles. The maximum Gasteiger partial charge on any atom is 0.306 e. The fourth-order valence-corrected chi connectivity index (χ4v) is 4.71. The van der Waals surface area contributed by atoms with E-state index in [0.717, 1.165) is 43.4 Å². The first-order valence-corrected chi connectivity index (χ1v) is 13.6. The van der Waals surface area contributed by atoms with Crippen molar-refractivity contribution >= 4 is 23.4 Å². The van der Waals surface area contributed by atoms with Gasteiger partial charge in [-0.3, -0.25) is 9.59 Å². The predicted molar refractivity (Wildman–Crippen MR) is 151 cm³/mol. The van der Waals surface area contributed by atoms with Gasteiger partial charge in [-0.25, -0.2) is 0 Å². The van der Waals surface area contributed by atoms with Crippen molar-refractivity contribution in [2.45, 2.75) is 51.6 Å². The topological polar surface area (TPSA) is 122 Å². The predicted octanol–water partition coefficient (Wildman–Crippen LogP) is 4.55. The van der Waals surface area contributed by atoms with Gasteiger partial charge in [0, 0.05) is 44.6 Å². The highest BCUT2D eigenvalue weighted by molar-refractivity contribution is 5.77. The maximum absolute atomic E-state index is 12.7. The summed E-state index contributed by atoms with van der Waals surface area (Å²) in [6.07, 6.45) is 5.55. The van der Waals surface area contributed by atoms with Gasteiger partial charge in [-0.2, -0.15) is 0 Å². The Kier molecular flexibility index (Phi) is 10.1. The number of hydrogen-bond donors (Lipinski definition) is 2. The number of rotatable bonds is 12.